The van der Waals surface area contributed by atoms with Gasteiger partial charge in [0.15, 0.2) is 5.82 Å². The predicted molar refractivity (Wildman–Crippen MR) is 121 cm³/mol. The molecule has 0 unspecified atom stereocenters. The molecule has 2 heterocycles. The van der Waals surface area contributed by atoms with Gasteiger partial charge in [-0.3, -0.25) is 4.79 Å². The number of amides is 1. The Morgan fingerprint density at radius 1 is 0.967 bits per heavy atom. The molecule has 30 heavy (non-hydrogen) atoms. The number of nitrogens with zero attached hydrogens (tertiary/aromatic N) is 4. The zero-order valence-corrected chi connectivity index (χ0v) is 18.1. The number of rotatable bonds is 4. The number of piperazine rings is 1. The van der Waals surface area contributed by atoms with Gasteiger partial charge in [0, 0.05) is 36.8 Å². The molecule has 0 aliphatic carbocycles. The highest BCUT2D eigenvalue weighted by atomic mass is 35.5. The van der Waals surface area contributed by atoms with Crippen molar-refractivity contribution in [1.29, 1.82) is 0 Å². The van der Waals surface area contributed by atoms with Gasteiger partial charge in [0.25, 0.3) is 0 Å². The van der Waals surface area contributed by atoms with Gasteiger partial charge in [0.2, 0.25) is 5.91 Å². The first-order valence-electron chi connectivity index (χ1n) is 10.2. The number of anilines is 1. The third-order valence-corrected chi connectivity index (χ3v) is 5.93. The maximum atomic E-state index is 12.6. The lowest BCUT2D eigenvalue weighted by Crippen LogP contribution is -2.49. The van der Waals surface area contributed by atoms with Crippen molar-refractivity contribution in [3.05, 3.63) is 76.3 Å². The fourth-order valence-electron chi connectivity index (χ4n) is 3.84. The molecule has 4 rings (SSSR count). The minimum atomic E-state index is 0.110. The summed E-state index contributed by atoms with van der Waals surface area (Å²) < 4.78 is 0. The fraction of sp³-hybridized carbons (Fsp3) is 0.292. The van der Waals surface area contributed by atoms with Gasteiger partial charge in [0.05, 0.1) is 12.1 Å². The number of aryl methyl sites for hydroxylation is 2. The lowest BCUT2D eigenvalue weighted by Gasteiger charge is -2.35. The van der Waals surface area contributed by atoms with E-state index in [0.29, 0.717) is 24.5 Å². The first kappa shape index (κ1) is 20.4. The van der Waals surface area contributed by atoms with E-state index in [1.165, 1.54) is 11.1 Å². The lowest BCUT2D eigenvalue weighted by molar-refractivity contribution is -0.130. The molecule has 1 fully saturated rings. The third kappa shape index (κ3) is 4.46. The van der Waals surface area contributed by atoms with Crippen LogP contribution in [0.3, 0.4) is 0 Å². The topological polar surface area (TPSA) is 49.3 Å². The second kappa shape index (κ2) is 8.84. The molecule has 1 aromatic heterocycles. The molecular weight excluding hydrogens is 396 g/mol. The number of halogens is 1. The normalized spacial score (nSPS) is 14.1. The Morgan fingerprint density at radius 3 is 2.40 bits per heavy atom. The van der Waals surface area contributed by atoms with Crippen LogP contribution in [0.1, 0.15) is 16.7 Å². The smallest absolute Gasteiger partial charge is 0.227 e. The standard InChI is InChI=1S/C24H25ClN4O/c1-17-7-8-20(18(2)15-17)22-9-10-23(27-26-22)28-11-13-29(14-12-28)24(30)16-19-5-3-4-6-21(19)25/h3-10,15H,11-14,16H2,1-2H3. The van der Waals surface area contributed by atoms with Crippen LogP contribution < -0.4 is 4.90 Å². The van der Waals surface area contributed by atoms with Gasteiger partial charge < -0.3 is 9.80 Å². The van der Waals surface area contributed by atoms with Gasteiger partial charge in [-0.25, -0.2) is 0 Å². The van der Waals surface area contributed by atoms with E-state index in [-0.39, 0.29) is 5.91 Å². The van der Waals surface area contributed by atoms with Gasteiger partial charge in [-0.1, -0.05) is 53.6 Å². The van der Waals surface area contributed by atoms with E-state index in [1.807, 2.05) is 41.3 Å². The molecule has 2 aromatic carbocycles. The average Bonchev–Trinajstić information content (AvgIpc) is 2.76. The van der Waals surface area contributed by atoms with Crippen LogP contribution in [-0.4, -0.2) is 47.2 Å². The summed E-state index contributed by atoms with van der Waals surface area (Å²) >= 11 is 6.19. The second-order valence-electron chi connectivity index (χ2n) is 7.73. The molecule has 0 bridgehead atoms. The van der Waals surface area contributed by atoms with Crippen molar-refractivity contribution >= 4 is 23.3 Å². The molecule has 0 radical (unpaired) electrons. The molecule has 0 spiro atoms. The molecular formula is C24H25ClN4O. The monoisotopic (exact) mass is 420 g/mol. The van der Waals surface area contributed by atoms with Crippen molar-refractivity contribution in [2.45, 2.75) is 20.3 Å². The highest BCUT2D eigenvalue weighted by molar-refractivity contribution is 6.31. The van der Waals surface area contributed by atoms with Gasteiger partial charge in [-0.15, -0.1) is 10.2 Å². The Kier molecular flexibility index (Phi) is 6.00. The van der Waals surface area contributed by atoms with Gasteiger partial charge in [-0.2, -0.15) is 0 Å². The molecule has 3 aromatic rings. The number of benzene rings is 2. The number of carbonyl (C=O) groups excluding carboxylic acids is 1. The Labute approximate surface area is 182 Å². The molecule has 154 valence electrons. The van der Waals surface area contributed by atoms with Crippen LogP contribution in [-0.2, 0) is 11.2 Å². The first-order valence-corrected chi connectivity index (χ1v) is 10.6. The van der Waals surface area contributed by atoms with Crippen molar-refractivity contribution in [2.75, 3.05) is 31.1 Å². The molecule has 0 N–H and O–H groups in total. The SMILES string of the molecule is Cc1ccc(-c2ccc(N3CCN(C(=O)Cc4ccccc4Cl)CC3)nn2)c(C)c1. The van der Waals surface area contributed by atoms with E-state index in [9.17, 15) is 4.79 Å². The minimum absolute atomic E-state index is 0.110. The van der Waals surface area contributed by atoms with E-state index >= 15 is 0 Å². The second-order valence-corrected chi connectivity index (χ2v) is 8.14. The molecule has 1 aliphatic rings. The van der Waals surface area contributed by atoms with Gasteiger partial charge in [-0.05, 0) is 43.2 Å². The summed E-state index contributed by atoms with van der Waals surface area (Å²) in [6, 6.07) is 17.9. The van der Waals surface area contributed by atoms with E-state index in [4.69, 9.17) is 11.6 Å². The van der Waals surface area contributed by atoms with Crippen LogP contribution in [0.25, 0.3) is 11.3 Å². The number of hydrogen-bond donors (Lipinski definition) is 0. The van der Waals surface area contributed by atoms with Gasteiger partial charge >= 0.3 is 0 Å². The number of carbonyl (C=O) groups is 1. The van der Waals surface area contributed by atoms with E-state index in [0.717, 1.165) is 35.7 Å². The molecule has 1 amide bonds. The molecule has 6 heteroatoms. The summed E-state index contributed by atoms with van der Waals surface area (Å²) in [4.78, 5) is 16.7. The molecule has 0 atom stereocenters. The zero-order valence-electron chi connectivity index (χ0n) is 17.3. The van der Waals surface area contributed by atoms with Crippen LogP contribution in [0, 0.1) is 13.8 Å². The largest absolute Gasteiger partial charge is 0.352 e. The number of aromatic nitrogens is 2. The van der Waals surface area contributed by atoms with Crippen LogP contribution in [0.15, 0.2) is 54.6 Å². The molecule has 1 saturated heterocycles. The number of hydrogen-bond acceptors (Lipinski definition) is 4. The van der Waals surface area contributed by atoms with Crippen LogP contribution in [0.5, 0.6) is 0 Å². The predicted octanol–water partition coefficient (Wildman–Crippen LogP) is 4.31. The van der Waals surface area contributed by atoms with Crippen LogP contribution in [0.4, 0.5) is 5.82 Å². The van der Waals surface area contributed by atoms with Crippen molar-refractivity contribution in [3.8, 4) is 11.3 Å². The average molecular weight is 421 g/mol. The molecule has 5 nitrogen and oxygen atoms in total. The summed E-state index contributed by atoms with van der Waals surface area (Å²) in [7, 11) is 0. The minimum Gasteiger partial charge on any atom is -0.352 e. The van der Waals surface area contributed by atoms with E-state index in [1.54, 1.807) is 0 Å². The van der Waals surface area contributed by atoms with E-state index in [2.05, 4.69) is 47.1 Å². The summed E-state index contributed by atoms with van der Waals surface area (Å²) in [6.07, 6.45) is 0.337. The Hall–Kier alpha value is -2.92. The highest BCUT2D eigenvalue weighted by Gasteiger charge is 2.22. The highest BCUT2D eigenvalue weighted by Crippen LogP contribution is 2.24. The summed E-state index contributed by atoms with van der Waals surface area (Å²) in [5.74, 6) is 0.959. The third-order valence-electron chi connectivity index (χ3n) is 5.56. The Morgan fingerprint density at radius 2 is 1.73 bits per heavy atom. The molecule has 0 saturated carbocycles. The quantitative estimate of drug-likeness (QED) is 0.631. The zero-order chi connectivity index (χ0) is 21.1. The maximum Gasteiger partial charge on any atom is 0.227 e. The van der Waals surface area contributed by atoms with Crippen molar-refractivity contribution in [3.63, 3.8) is 0 Å². The first-order chi connectivity index (χ1) is 14.5. The van der Waals surface area contributed by atoms with Crippen molar-refractivity contribution in [2.24, 2.45) is 0 Å². The van der Waals surface area contributed by atoms with E-state index < -0.39 is 0 Å². The Balaban J connectivity index is 1.37. The summed E-state index contributed by atoms with van der Waals surface area (Å²) in [5, 5.41) is 9.54. The maximum absolute atomic E-state index is 12.6. The lowest BCUT2D eigenvalue weighted by atomic mass is 10.0. The Bertz CT molecular complexity index is 1040. The van der Waals surface area contributed by atoms with Crippen LogP contribution >= 0.6 is 11.6 Å². The summed E-state index contributed by atoms with van der Waals surface area (Å²) in [6.45, 7) is 7.01. The summed E-state index contributed by atoms with van der Waals surface area (Å²) in [5.41, 5.74) is 5.30. The van der Waals surface area contributed by atoms with Crippen molar-refractivity contribution in [1.82, 2.24) is 15.1 Å². The van der Waals surface area contributed by atoms with Crippen molar-refractivity contribution < 1.29 is 4.79 Å². The van der Waals surface area contributed by atoms with Gasteiger partial charge in [0.1, 0.15) is 0 Å². The van der Waals surface area contributed by atoms with Crippen LogP contribution in [0.2, 0.25) is 5.02 Å². The molecule has 1 aliphatic heterocycles. The fourth-order valence-corrected chi connectivity index (χ4v) is 4.04.